The van der Waals surface area contributed by atoms with Gasteiger partial charge in [0.25, 0.3) is 0 Å². The number of aromatic nitrogens is 2. The van der Waals surface area contributed by atoms with Crippen LogP contribution in [0.1, 0.15) is 23.8 Å². The van der Waals surface area contributed by atoms with Gasteiger partial charge in [-0.05, 0) is 18.6 Å². The molecule has 1 amide bonds. The van der Waals surface area contributed by atoms with Crippen LogP contribution in [0, 0.1) is 0 Å². The first-order valence-electron chi connectivity index (χ1n) is 5.21. The van der Waals surface area contributed by atoms with E-state index in [1.807, 2.05) is 6.92 Å². The van der Waals surface area contributed by atoms with Gasteiger partial charge >= 0.3 is 5.97 Å². The molecule has 1 rings (SSSR count). The van der Waals surface area contributed by atoms with Crippen molar-refractivity contribution in [3.8, 4) is 0 Å². The average Bonchev–Trinajstić information content (AvgIpc) is 2.34. The fourth-order valence-electron chi connectivity index (χ4n) is 1.04. The second-order valence-electron chi connectivity index (χ2n) is 3.31. The molecule has 0 spiro atoms. The van der Waals surface area contributed by atoms with Crippen molar-refractivity contribution < 1.29 is 14.7 Å². The second kappa shape index (κ2) is 6.41. The molecule has 1 heterocycles. The molecule has 0 aliphatic heterocycles. The number of rotatable bonds is 6. The maximum Gasteiger partial charge on any atom is 0.356 e. The second-order valence-corrected chi connectivity index (χ2v) is 3.31. The van der Waals surface area contributed by atoms with Crippen molar-refractivity contribution in [2.75, 3.05) is 18.4 Å². The maximum atomic E-state index is 11.2. The van der Waals surface area contributed by atoms with E-state index in [9.17, 15) is 9.59 Å². The summed E-state index contributed by atoms with van der Waals surface area (Å²) in [5.41, 5.74) is -0.133. The van der Waals surface area contributed by atoms with E-state index in [0.717, 1.165) is 6.42 Å². The van der Waals surface area contributed by atoms with Gasteiger partial charge in [-0.3, -0.25) is 4.79 Å². The van der Waals surface area contributed by atoms with Crippen molar-refractivity contribution in [1.82, 2.24) is 15.5 Å². The zero-order chi connectivity index (χ0) is 12.7. The van der Waals surface area contributed by atoms with E-state index in [1.165, 1.54) is 12.1 Å². The standard InChI is InChI=1S/C10H14N4O3/c1-2-5-11-9(15)6-12-8-4-3-7(10(16)17)13-14-8/h3-4H,2,5-6H2,1H3,(H,11,15)(H,12,14)(H,16,17). The highest BCUT2D eigenvalue weighted by atomic mass is 16.4. The molecule has 7 heteroatoms. The molecular formula is C10H14N4O3. The Bertz CT molecular complexity index is 391. The largest absolute Gasteiger partial charge is 0.476 e. The van der Waals surface area contributed by atoms with Gasteiger partial charge in [-0.1, -0.05) is 6.92 Å². The number of carboxylic acids is 1. The Balaban J connectivity index is 2.42. The van der Waals surface area contributed by atoms with E-state index in [4.69, 9.17) is 5.11 Å². The van der Waals surface area contributed by atoms with Crippen molar-refractivity contribution >= 4 is 17.7 Å². The van der Waals surface area contributed by atoms with Crippen LogP contribution in [0.25, 0.3) is 0 Å². The first-order valence-corrected chi connectivity index (χ1v) is 5.21. The monoisotopic (exact) mass is 238 g/mol. The van der Waals surface area contributed by atoms with E-state index in [-0.39, 0.29) is 18.1 Å². The van der Waals surface area contributed by atoms with Crippen LogP contribution in [-0.2, 0) is 4.79 Å². The third kappa shape index (κ3) is 4.45. The van der Waals surface area contributed by atoms with Gasteiger partial charge in [0.15, 0.2) is 5.69 Å². The lowest BCUT2D eigenvalue weighted by Gasteiger charge is -2.05. The van der Waals surface area contributed by atoms with Crippen molar-refractivity contribution in [3.05, 3.63) is 17.8 Å². The quantitative estimate of drug-likeness (QED) is 0.650. The van der Waals surface area contributed by atoms with E-state index in [0.29, 0.717) is 12.4 Å². The Labute approximate surface area is 98.2 Å². The third-order valence-corrected chi connectivity index (χ3v) is 1.89. The predicted molar refractivity (Wildman–Crippen MR) is 60.8 cm³/mol. The molecule has 0 saturated carbocycles. The topological polar surface area (TPSA) is 104 Å². The molecule has 92 valence electrons. The summed E-state index contributed by atoms with van der Waals surface area (Å²) >= 11 is 0. The fraction of sp³-hybridized carbons (Fsp3) is 0.400. The third-order valence-electron chi connectivity index (χ3n) is 1.89. The molecule has 0 aromatic carbocycles. The molecule has 0 unspecified atom stereocenters. The van der Waals surface area contributed by atoms with Gasteiger partial charge < -0.3 is 15.7 Å². The van der Waals surface area contributed by atoms with E-state index < -0.39 is 5.97 Å². The summed E-state index contributed by atoms with van der Waals surface area (Å²) in [6, 6.07) is 2.78. The molecule has 1 aromatic heterocycles. The van der Waals surface area contributed by atoms with Crippen LogP contribution in [0.2, 0.25) is 0 Å². The Morgan fingerprint density at radius 2 is 2.12 bits per heavy atom. The number of anilines is 1. The smallest absolute Gasteiger partial charge is 0.356 e. The molecular weight excluding hydrogens is 224 g/mol. The van der Waals surface area contributed by atoms with Crippen LogP contribution < -0.4 is 10.6 Å². The highest BCUT2D eigenvalue weighted by Gasteiger charge is 2.05. The Morgan fingerprint density at radius 3 is 2.65 bits per heavy atom. The fourth-order valence-corrected chi connectivity index (χ4v) is 1.04. The molecule has 1 aromatic rings. The minimum atomic E-state index is -1.13. The number of aromatic carboxylic acids is 1. The van der Waals surface area contributed by atoms with Crippen LogP contribution >= 0.6 is 0 Å². The molecule has 3 N–H and O–H groups in total. The Morgan fingerprint density at radius 1 is 1.35 bits per heavy atom. The summed E-state index contributed by atoms with van der Waals surface area (Å²) in [6.45, 7) is 2.68. The van der Waals surface area contributed by atoms with Crippen LogP contribution in [0.4, 0.5) is 5.82 Å². The zero-order valence-electron chi connectivity index (χ0n) is 9.43. The molecule has 0 saturated heterocycles. The van der Waals surface area contributed by atoms with Crippen molar-refractivity contribution in [2.24, 2.45) is 0 Å². The number of carboxylic acid groups (broad SMARTS) is 1. The molecule has 17 heavy (non-hydrogen) atoms. The number of amides is 1. The highest BCUT2D eigenvalue weighted by Crippen LogP contribution is 2.01. The molecule has 0 aliphatic carbocycles. The lowest BCUT2D eigenvalue weighted by Crippen LogP contribution is -2.30. The van der Waals surface area contributed by atoms with E-state index in [2.05, 4.69) is 20.8 Å². The first kappa shape index (κ1) is 12.9. The van der Waals surface area contributed by atoms with Gasteiger partial charge in [-0.2, -0.15) is 0 Å². The van der Waals surface area contributed by atoms with Crippen molar-refractivity contribution in [1.29, 1.82) is 0 Å². The minimum Gasteiger partial charge on any atom is -0.476 e. The summed E-state index contributed by atoms with van der Waals surface area (Å²) < 4.78 is 0. The Kier molecular flexibility index (Phi) is 4.86. The molecule has 0 fully saturated rings. The minimum absolute atomic E-state index is 0.0844. The molecule has 0 atom stereocenters. The SMILES string of the molecule is CCCNC(=O)CNc1ccc(C(=O)O)nn1. The lowest BCUT2D eigenvalue weighted by molar-refractivity contribution is -0.119. The maximum absolute atomic E-state index is 11.2. The number of nitrogens with one attached hydrogen (secondary N) is 2. The zero-order valence-corrected chi connectivity index (χ0v) is 9.43. The molecule has 0 radical (unpaired) electrons. The number of carbonyl (C=O) groups is 2. The summed E-state index contributed by atoms with van der Waals surface area (Å²) in [7, 11) is 0. The van der Waals surface area contributed by atoms with Crippen LogP contribution in [0.15, 0.2) is 12.1 Å². The van der Waals surface area contributed by atoms with Gasteiger partial charge in [-0.15, -0.1) is 10.2 Å². The van der Waals surface area contributed by atoms with Crippen LogP contribution in [0.5, 0.6) is 0 Å². The van der Waals surface area contributed by atoms with Crippen LogP contribution in [0.3, 0.4) is 0 Å². The van der Waals surface area contributed by atoms with Gasteiger partial charge in [0, 0.05) is 6.54 Å². The van der Waals surface area contributed by atoms with Crippen LogP contribution in [-0.4, -0.2) is 40.3 Å². The molecule has 0 aliphatic rings. The lowest BCUT2D eigenvalue weighted by atomic mass is 10.4. The van der Waals surface area contributed by atoms with E-state index in [1.54, 1.807) is 0 Å². The van der Waals surface area contributed by atoms with E-state index >= 15 is 0 Å². The molecule has 7 nitrogen and oxygen atoms in total. The van der Waals surface area contributed by atoms with Crippen molar-refractivity contribution in [2.45, 2.75) is 13.3 Å². The number of carbonyl (C=O) groups excluding carboxylic acids is 1. The summed E-state index contributed by atoms with van der Waals surface area (Å²) in [5.74, 6) is -0.914. The number of nitrogens with zero attached hydrogens (tertiary/aromatic N) is 2. The normalized spacial score (nSPS) is 9.71. The first-order chi connectivity index (χ1) is 8.13. The van der Waals surface area contributed by atoms with Gasteiger partial charge in [-0.25, -0.2) is 4.79 Å². The van der Waals surface area contributed by atoms with Gasteiger partial charge in [0.05, 0.1) is 6.54 Å². The van der Waals surface area contributed by atoms with Gasteiger partial charge in [0.1, 0.15) is 5.82 Å². The summed E-state index contributed by atoms with van der Waals surface area (Å²) in [6.07, 6.45) is 0.874. The van der Waals surface area contributed by atoms with Gasteiger partial charge in [0.2, 0.25) is 5.91 Å². The summed E-state index contributed by atoms with van der Waals surface area (Å²) in [4.78, 5) is 21.7. The number of hydrogen-bond donors (Lipinski definition) is 3. The highest BCUT2D eigenvalue weighted by molar-refractivity contribution is 5.85. The Hall–Kier alpha value is -2.18. The average molecular weight is 238 g/mol. The summed E-state index contributed by atoms with van der Waals surface area (Å²) in [5, 5.41) is 21.1. The molecule has 0 bridgehead atoms. The predicted octanol–water partition coefficient (Wildman–Crippen LogP) is 0.113. The van der Waals surface area contributed by atoms with Crippen molar-refractivity contribution in [3.63, 3.8) is 0 Å². The number of hydrogen-bond acceptors (Lipinski definition) is 5.